The van der Waals surface area contributed by atoms with Crippen LogP contribution in [0.5, 0.6) is 0 Å². The van der Waals surface area contributed by atoms with Gasteiger partial charge >= 0.3 is 6.03 Å². The highest BCUT2D eigenvalue weighted by molar-refractivity contribution is 7.87. The fraction of sp³-hybridized carbons (Fsp3) is 0.222. The highest BCUT2D eigenvalue weighted by Gasteiger charge is 2.23. The summed E-state index contributed by atoms with van der Waals surface area (Å²) in [6, 6.07) is 12.7. The Bertz CT molecular complexity index is 978. The van der Waals surface area contributed by atoms with Crippen molar-refractivity contribution in [3.63, 3.8) is 0 Å². The standard InChI is InChI=1S/C18H16ClN5O3S/c19-14-2-4-15(5-3-14)21-18(25)22-28-9-7-23(8-10-28)16-6-1-13(12-20)11-17(16)24(26)27/h1-6,11H,7-10H2,(H,21,25). The van der Waals surface area contributed by atoms with Gasteiger partial charge in [-0.3, -0.25) is 10.1 Å². The number of benzene rings is 2. The normalized spacial score (nSPS) is 14.2. The average molecular weight is 418 g/mol. The molecule has 0 spiro atoms. The molecule has 3 rings (SSSR count). The summed E-state index contributed by atoms with van der Waals surface area (Å²) in [6.07, 6.45) is 0. The van der Waals surface area contributed by atoms with E-state index in [0.29, 0.717) is 41.0 Å². The molecule has 2 aromatic carbocycles. The molecule has 0 aliphatic carbocycles. The van der Waals surface area contributed by atoms with Gasteiger partial charge in [0.05, 0.1) is 16.6 Å². The molecule has 0 atom stereocenters. The van der Waals surface area contributed by atoms with Gasteiger partial charge in [0.1, 0.15) is 5.69 Å². The summed E-state index contributed by atoms with van der Waals surface area (Å²) in [6.45, 7) is 1.10. The number of amides is 2. The first-order valence-electron chi connectivity index (χ1n) is 8.35. The Morgan fingerprint density at radius 2 is 1.93 bits per heavy atom. The third-order valence-electron chi connectivity index (χ3n) is 4.14. The molecular weight excluding hydrogens is 402 g/mol. The highest BCUT2D eigenvalue weighted by atomic mass is 35.5. The molecule has 1 aliphatic rings. The number of hydrogen-bond donors (Lipinski definition) is 1. The maximum Gasteiger partial charge on any atom is 0.351 e. The first-order chi connectivity index (χ1) is 13.5. The molecule has 0 bridgehead atoms. The van der Waals surface area contributed by atoms with Crippen LogP contribution in [0.25, 0.3) is 0 Å². The first kappa shape index (κ1) is 19.8. The molecule has 0 saturated carbocycles. The molecule has 1 N–H and O–H groups in total. The van der Waals surface area contributed by atoms with Crippen molar-refractivity contribution >= 4 is 45.4 Å². The number of nitro benzene ring substituents is 1. The minimum atomic E-state index is -0.478. The molecule has 1 aliphatic heterocycles. The average Bonchev–Trinajstić information content (AvgIpc) is 2.70. The molecule has 0 unspecified atom stereocenters. The number of carbonyl (C=O) groups excluding carboxylic acids is 1. The Morgan fingerprint density at radius 3 is 2.54 bits per heavy atom. The molecule has 2 amide bonds. The maximum atomic E-state index is 12.1. The number of nitro groups is 1. The van der Waals surface area contributed by atoms with Crippen molar-refractivity contribution < 1.29 is 9.72 Å². The van der Waals surface area contributed by atoms with E-state index < -0.39 is 21.6 Å². The van der Waals surface area contributed by atoms with E-state index in [2.05, 4.69) is 9.68 Å². The van der Waals surface area contributed by atoms with Gasteiger partial charge in [-0.1, -0.05) is 22.3 Å². The zero-order valence-electron chi connectivity index (χ0n) is 14.7. The lowest BCUT2D eigenvalue weighted by Crippen LogP contribution is -2.38. The molecule has 2 aromatic rings. The SMILES string of the molecule is N#Cc1ccc(N2CCS(=NC(=O)Nc3ccc(Cl)cc3)CC2)c([N+](=O)[O-])c1. The van der Waals surface area contributed by atoms with Gasteiger partial charge < -0.3 is 10.2 Å². The number of urea groups is 1. The minimum absolute atomic E-state index is 0.0850. The van der Waals surface area contributed by atoms with Gasteiger partial charge in [0.15, 0.2) is 0 Å². The zero-order valence-corrected chi connectivity index (χ0v) is 16.2. The van der Waals surface area contributed by atoms with E-state index in [1.807, 2.05) is 11.0 Å². The molecule has 0 radical (unpaired) electrons. The number of rotatable bonds is 3. The predicted octanol–water partition coefficient (Wildman–Crippen LogP) is 3.97. The maximum absolute atomic E-state index is 12.1. The third-order valence-corrected chi connectivity index (χ3v) is 6.13. The summed E-state index contributed by atoms with van der Waals surface area (Å²) in [5.74, 6) is 1.26. The molecule has 1 heterocycles. The predicted molar refractivity (Wildman–Crippen MR) is 110 cm³/mol. The number of nitriles is 1. The third kappa shape index (κ3) is 4.85. The summed E-state index contributed by atoms with van der Waals surface area (Å²) in [7, 11) is -0.448. The van der Waals surface area contributed by atoms with Crippen LogP contribution in [0.2, 0.25) is 5.02 Å². The largest absolute Gasteiger partial charge is 0.364 e. The quantitative estimate of drug-likeness (QED) is 0.599. The molecule has 144 valence electrons. The second-order valence-electron chi connectivity index (χ2n) is 5.96. The molecule has 28 heavy (non-hydrogen) atoms. The number of nitrogens with zero attached hydrogens (tertiary/aromatic N) is 4. The van der Waals surface area contributed by atoms with Crippen molar-refractivity contribution in [1.82, 2.24) is 0 Å². The van der Waals surface area contributed by atoms with Crippen LogP contribution in [0, 0.1) is 21.4 Å². The van der Waals surface area contributed by atoms with Crippen LogP contribution in [-0.2, 0) is 10.7 Å². The molecular formula is C18H16ClN5O3S. The van der Waals surface area contributed by atoms with Crippen LogP contribution >= 0.6 is 11.6 Å². The van der Waals surface area contributed by atoms with Crippen LogP contribution < -0.4 is 10.2 Å². The Morgan fingerprint density at radius 1 is 1.25 bits per heavy atom. The smallest absolute Gasteiger partial charge is 0.351 e. The van der Waals surface area contributed by atoms with Gasteiger partial charge in [-0.2, -0.15) is 9.62 Å². The fourth-order valence-corrected chi connectivity index (χ4v) is 4.44. The van der Waals surface area contributed by atoms with Crippen LogP contribution in [0.3, 0.4) is 0 Å². The molecule has 0 aromatic heterocycles. The number of halogens is 1. The zero-order chi connectivity index (χ0) is 20.1. The van der Waals surface area contributed by atoms with Gasteiger partial charge in [-0.15, -0.1) is 0 Å². The van der Waals surface area contributed by atoms with Gasteiger partial charge in [0.2, 0.25) is 0 Å². The topological polar surface area (TPSA) is 112 Å². The van der Waals surface area contributed by atoms with E-state index in [9.17, 15) is 14.9 Å². The van der Waals surface area contributed by atoms with Gasteiger partial charge in [0.25, 0.3) is 5.69 Å². The lowest BCUT2D eigenvalue weighted by atomic mass is 10.1. The molecule has 10 heteroatoms. The summed E-state index contributed by atoms with van der Waals surface area (Å²) >= 11 is 5.82. The van der Waals surface area contributed by atoms with E-state index in [1.54, 1.807) is 36.4 Å². The molecule has 1 saturated heterocycles. The van der Waals surface area contributed by atoms with Crippen molar-refractivity contribution in [3.05, 3.63) is 63.2 Å². The summed E-state index contributed by atoms with van der Waals surface area (Å²) in [5, 5.41) is 23.6. The van der Waals surface area contributed by atoms with Gasteiger partial charge in [-0.25, -0.2) is 4.79 Å². The highest BCUT2D eigenvalue weighted by Crippen LogP contribution is 2.30. The Balaban J connectivity index is 1.65. The van der Waals surface area contributed by atoms with Crippen molar-refractivity contribution in [2.75, 3.05) is 34.8 Å². The van der Waals surface area contributed by atoms with Crippen molar-refractivity contribution in [1.29, 1.82) is 5.26 Å². The number of anilines is 2. The van der Waals surface area contributed by atoms with Crippen LogP contribution in [0.15, 0.2) is 46.8 Å². The molecule has 8 nitrogen and oxygen atoms in total. The van der Waals surface area contributed by atoms with E-state index in [0.717, 1.165) is 0 Å². The van der Waals surface area contributed by atoms with E-state index in [1.165, 1.54) is 6.07 Å². The summed E-state index contributed by atoms with van der Waals surface area (Å²) in [4.78, 5) is 24.8. The lowest BCUT2D eigenvalue weighted by Gasteiger charge is -2.29. The second-order valence-corrected chi connectivity index (χ2v) is 8.32. The Hall–Kier alpha value is -2.96. The van der Waals surface area contributed by atoms with Crippen molar-refractivity contribution in [2.24, 2.45) is 4.36 Å². The van der Waals surface area contributed by atoms with E-state index in [4.69, 9.17) is 16.9 Å². The van der Waals surface area contributed by atoms with Crippen molar-refractivity contribution in [3.8, 4) is 6.07 Å². The Labute approximate surface area is 169 Å². The van der Waals surface area contributed by atoms with Crippen molar-refractivity contribution in [2.45, 2.75) is 0 Å². The fourth-order valence-electron chi connectivity index (χ4n) is 2.78. The van der Waals surface area contributed by atoms with E-state index >= 15 is 0 Å². The minimum Gasteiger partial charge on any atom is -0.364 e. The number of hydrogen-bond acceptors (Lipinski definition) is 5. The van der Waals surface area contributed by atoms with Gasteiger partial charge in [-0.05, 0) is 36.4 Å². The monoisotopic (exact) mass is 417 g/mol. The second kappa shape index (κ2) is 8.82. The first-order valence-corrected chi connectivity index (χ1v) is 10.3. The molecule has 1 fully saturated rings. The van der Waals surface area contributed by atoms with Crippen LogP contribution in [-0.4, -0.2) is 35.5 Å². The van der Waals surface area contributed by atoms with Gasteiger partial charge in [0, 0.05) is 41.4 Å². The summed E-state index contributed by atoms with van der Waals surface area (Å²) < 4.78 is 4.21. The number of carbonyl (C=O) groups is 1. The summed E-state index contributed by atoms with van der Waals surface area (Å²) in [5.41, 5.74) is 1.27. The van der Waals surface area contributed by atoms with E-state index in [-0.39, 0.29) is 11.3 Å². The Kier molecular flexibility index (Phi) is 6.23. The van der Waals surface area contributed by atoms with Crippen LogP contribution in [0.4, 0.5) is 21.9 Å². The lowest BCUT2D eigenvalue weighted by molar-refractivity contribution is -0.384. The number of nitrogens with one attached hydrogen (secondary N) is 1. The van der Waals surface area contributed by atoms with Crippen LogP contribution in [0.1, 0.15) is 5.56 Å².